The minimum atomic E-state index is -1.02. The van der Waals surface area contributed by atoms with E-state index in [4.69, 9.17) is 0 Å². The van der Waals surface area contributed by atoms with Gasteiger partial charge in [0, 0.05) is 6.20 Å². The van der Waals surface area contributed by atoms with E-state index in [2.05, 4.69) is 44.8 Å². The molecule has 0 spiro atoms. The lowest BCUT2D eigenvalue weighted by Gasteiger charge is -2.30. The second kappa shape index (κ2) is 6.40. The van der Waals surface area contributed by atoms with Crippen LogP contribution in [0.1, 0.15) is 56.9 Å². The van der Waals surface area contributed by atoms with Gasteiger partial charge in [-0.25, -0.2) is 0 Å². The van der Waals surface area contributed by atoms with Crippen LogP contribution in [0.15, 0.2) is 48.7 Å². The first kappa shape index (κ1) is 15.7. The van der Waals surface area contributed by atoms with Crippen molar-refractivity contribution in [3.63, 3.8) is 0 Å². The van der Waals surface area contributed by atoms with E-state index in [9.17, 15) is 5.11 Å². The fraction of sp³-hybridized carbons (Fsp3) is 0.421. The molecule has 2 rings (SSSR count). The lowest BCUT2D eigenvalue weighted by atomic mass is 9.82. The van der Waals surface area contributed by atoms with Crippen molar-refractivity contribution in [2.45, 2.75) is 45.6 Å². The Bertz CT molecular complexity index is 560. The van der Waals surface area contributed by atoms with Crippen molar-refractivity contribution in [1.82, 2.24) is 4.98 Å². The van der Waals surface area contributed by atoms with Gasteiger partial charge in [0.2, 0.25) is 0 Å². The highest BCUT2D eigenvalue weighted by Gasteiger charge is 2.33. The zero-order valence-electron chi connectivity index (χ0n) is 13.4. The number of hydrogen-bond acceptors (Lipinski definition) is 2. The van der Waals surface area contributed by atoms with Crippen molar-refractivity contribution in [3.05, 3.63) is 65.5 Å². The lowest BCUT2D eigenvalue weighted by molar-refractivity contribution is 0.0531. The molecule has 0 saturated heterocycles. The van der Waals surface area contributed by atoms with Gasteiger partial charge in [-0.2, -0.15) is 0 Å². The Labute approximate surface area is 127 Å². The standard InChI is InChI=1S/C19H25NO/c1-14(2)13-19(21,18-7-5-6-12-20-18)17-10-8-16(9-11-17)15(3)4/h5-12,14-15,21H,13H2,1-4H3/t19-/m0/s1. The number of aromatic nitrogens is 1. The first-order valence-electron chi connectivity index (χ1n) is 7.68. The normalized spacial score (nSPS) is 14.4. The van der Waals surface area contributed by atoms with Gasteiger partial charge in [-0.3, -0.25) is 4.98 Å². The van der Waals surface area contributed by atoms with E-state index in [0.717, 1.165) is 11.3 Å². The molecule has 0 fully saturated rings. The molecule has 112 valence electrons. The molecule has 2 aromatic rings. The topological polar surface area (TPSA) is 33.1 Å². The van der Waals surface area contributed by atoms with Crippen molar-refractivity contribution in [1.29, 1.82) is 0 Å². The van der Waals surface area contributed by atoms with Crippen molar-refractivity contribution in [2.24, 2.45) is 5.92 Å². The van der Waals surface area contributed by atoms with Crippen LogP contribution >= 0.6 is 0 Å². The molecule has 0 radical (unpaired) electrons. The molecule has 1 atom stereocenters. The molecule has 2 nitrogen and oxygen atoms in total. The number of rotatable bonds is 5. The zero-order valence-corrected chi connectivity index (χ0v) is 13.4. The van der Waals surface area contributed by atoms with Gasteiger partial charge in [-0.1, -0.05) is 58.0 Å². The van der Waals surface area contributed by atoms with Crippen LogP contribution in [0.2, 0.25) is 0 Å². The van der Waals surface area contributed by atoms with E-state index in [1.807, 2.05) is 30.3 Å². The Morgan fingerprint density at radius 3 is 2.14 bits per heavy atom. The maximum atomic E-state index is 11.3. The van der Waals surface area contributed by atoms with Gasteiger partial charge < -0.3 is 5.11 Å². The number of pyridine rings is 1. The van der Waals surface area contributed by atoms with E-state index in [1.165, 1.54) is 5.56 Å². The summed E-state index contributed by atoms with van der Waals surface area (Å²) in [5, 5.41) is 11.3. The molecule has 1 N–H and O–H groups in total. The quantitative estimate of drug-likeness (QED) is 0.877. The number of aliphatic hydroxyl groups is 1. The van der Waals surface area contributed by atoms with Gasteiger partial charge in [0.1, 0.15) is 5.60 Å². The van der Waals surface area contributed by atoms with E-state index < -0.39 is 5.60 Å². The maximum absolute atomic E-state index is 11.3. The Balaban J connectivity index is 2.45. The summed E-state index contributed by atoms with van der Waals surface area (Å²) in [5.41, 5.74) is 1.90. The Kier molecular flexibility index (Phi) is 4.79. The van der Waals surface area contributed by atoms with Crippen LogP contribution in [-0.2, 0) is 5.60 Å². The first-order valence-corrected chi connectivity index (χ1v) is 7.68. The summed E-state index contributed by atoms with van der Waals surface area (Å²) < 4.78 is 0. The van der Waals surface area contributed by atoms with E-state index in [1.54, 1.807) is 6.20 Å². The highest BCUT2D eigenvalue weighted by Crippen LogP contribution is 2.35. The lowest BCUT2D eigenvalue weighted by Crippen LogP contribution is -2.30. The van der Waals surface area contributed by atoms with Crippen LogP contribution in [0.4, 0.5) is 0 Å². The van der Waals surface area contributed by atoms with E-state index in [-0.39, 0.29) is 0 Å². The van der Waals surface area contributed by atoms with E-state index in [0.29, 0.717) is 18.3 Å². The molecule has 1 heterocycles. The summed E-state index contributed by atoms with van der Waals surface area (Å²) in [6.07, 6.45) is 2.40. The molecule has 0 saturated carbocycles. The fourth-order valence-corrected chi connectivity index (χ4v) is 2.71. The smallest absolute Gasteiger partial charge is 0.132 e. The van der Waals surface area contributed by atoms with Crippen LogP contribution in [0, 0.1) is 5.92 Å². The summed E-state index contributed by atoms with van der Waals surface area (Å²) in [6.45, 7) is 8.59. The number of hydrogen-bond donors (Lipinski definition) is 1. The second-order valence-corrected chi connectivity index (χ2v) is 6.45. The van der Waals surface area contributed by atoms with Gasteiger partial charge in [0.05, 0.1) is 5.69 Å². The van der Waals surface area contributed by atoms with Crippen LogP contribution in [-0.4, -0.2) is 10.1 Å². The van der Waals surface area contributed by atoms with Crippen molar-refractivity contribution in [2.75, 3.05) is 0 Å². The maximum Gasteiger partial charge on any atom is 0.132 e. The van der Waals surface area contributed by atoms with Crippen LogP contribution in [0.25, 0.3) is 0 Å². The summed E-state index contributed by atoms with van der Waals surface area (Å²) in [6, 6.07) is 14.0. The van der Waals surface area contributed by atoms with E-state index >= 15 is 0 Å². The minimum Gasteiger partial charge on any atom is -0.379 e. The highest BCUT2D eigenvalue weighted by atomic mass is 16.3. The summed E-state index contributed by atoms with van der Waals surface area (Å²) in [5.74, 6) is 0.869. The molecular weight excluding hydrogens is 258 g/mol. The average molecular weight is 283 g/mol. The molecule has 1 aromatic heterocycles. The van der Waals surface area contributed by atoms with Gasteiger partial charge in [-0.15, -0.1) is 0 Å². The molecule has 0 unspecified atom stereocenters. The minimum absolute atomic E-state index is 0.377. The Morgan fingerprint density at radius 1 is 1.00 bits per heavy atom. The van der Waals surface area contributed by atoms with Gasteiger partial charge in [0.25, 0.3) is 0 Å². The molecule has 0 amide bonds. The Hall–Kier alpha value is -1.67. The zero-order chi connectivity index (χ0) is 15.5. The van der Waals surface area contributed by atoms with Crippen molar-refractivity contribution < 1.29 is 5.11 Å². The molecule has 0 aliphatic carbocycles. The monoisotopic (exact) mass is 283 g/mol. The number of benzene rings is 1. The van der Waals surface area contributed by atoms with Crippen LogP contribution in [0.3, 0.4) is 0 Å². The van der Waals surface area contributed by atoms with Crippen LogP contribution < -0.4 is 0 Å². The third-order valence-electron chi connectivity index (χ3n) is 3.85. The predicted molar refractivity (Wildman–Crippen MR) is 87.2 cm³/mol. The molecule has 0 aliphatic rings. The van der Waals surface area contributed by atoms with Gasteiger partial charge >= 0.3 is 0 Å². The second-order valence-electron chi connectivity index (χ2n) is 6.45. The third-order valence-corrected chi connectivity index (χ3v) is 3.85. The largest absolute Gasteiger partial charge is 0.379 e. The third kappa shape index (κ3) is 3.51. The molecule has 21 heavy (non-hydrogen) atoms. The van der Waals surface area contributed by atoms with Gasteiger partial charge in [-0.05, 0) is 41.5 Å². The van der Waals surface area contributed by atoms with Crippen molar-refractivity contribution in [3.8, 4) is 0 Å². The molecule has 1 aromatic carbocycles. The molecule has 2 heteroatoms. The summed E-state index contributed by atoms with van der Waals surface area (Å²) >= 11 is 0. The van der Waals surface area contributed by atoms with Crippen molar-refractivity contribution >= 4 is 0 Å². The Morgan fingerprint density at radius 2 is 1.67 bits per heavy atom. The average Bonchev–Trinajstić information content (AvgIpc) is 2.47. The molecular formula is C19H25NO. The summed E-state index contributed by atoms with van der Waals surface area (Å²) in [7, 11) is 0. The number of nitrogens with zero attached hydrogens (tertiary/aromatic N) is 1. The molecule has 0 bridgehead atoms. The molecule has 0 aliphatic heterocycles. The predicted octanol–water partition coefficient (Wildman–Crippen LogP) is 4.49. The highest BCUT2D eigenvalue weighted by molar-refractivity contribution is 5.35. The fourth-order valence-electron chi connectivity index (χ4n) is 2.71. The van der Waals surface area contributed by atoms with Gasteiger partial charge in [0.15, 0.2) is 0 Å². The summed E-state index contributed by atoms with van der Waals surface area (Å²) in [4.78, 5) is 4.39. The SMILES string of the molecule is CC(C)C[C@](O)(c1ccc(C(C)C)cc1)c1ccccn1. The van der Waals surface area contributed by atoms with Crippen LogP contribution in [0.5, 0.6) is 0 Å². The first-order chi connectivity index (χ1) is 9.93.